The molecule has 2 rings (SSSR count). The van der Waals surface area contributed by atoms with Gasteiger partial charge in [-0.3, -0.25) is 0 Å². The summed E-state index contributed by atoms with van der Waals surface area (Å²) in [6.45, 7) is -0.406. The molecule has 24 heavy (non-hydrogen) atoms. The van der Waals surface area contributed by atoms with Gasteiger partial charge in [0.15, 0.2) is 12.4 Å². The van der Waals surface area contributed by atoms with Gasteiger partial charge in [0.1, 0.15) is 21.6 Å². The maximum atomic E-state index is 11.8. The Morgan fingerprint density at radius 3 is 2.17 bits per heavy atom. The first-order valence-corrected chi connectivity index (χ1v) is 9.81. The zero-order chi connectivity index (χ0) is 17.9. The highest BCUT2D eigenvalue weighted by Gasteiger charge is 2.14. The van der Waals surface area contributed by atoms with Crippen LogP contribution < -0.4 is 9.47 Å². The minimum atomic E-state index is -4.52. The molecule has 0 aliphatic rings. The number of phenolic OH excluding ortho intramolecular Hbond substituents is 1. The maximum absolute atomic E-state index is 11.8. The van der Waals surface area contributed by atoms with Gasteiger partial charge in [0, 0.05) is 0 Å². The summed E-state index contributed by atoms with van der Waals surface area (Å²) in [5.41, 5.74) is 0. The third-order valence-corrected chi connectivity index (χ3v) is 5.12. The quantitative estimate of drug-likeness (QED) is 0.253. The normalized spacial score (nSPS) is 11.1. The van der Waals surface area contributed by atoms with Crippen LogP contribution in [0.25, 0.3) is 0 Å². The Morgan fingerprint density at radius 2 is 1.67 bits per heavy atom. The monoisotopic (exact) mass is 575 g/mol. The van der Waals surface area contributed by atoms with E-state index in [4.69, 9.17) is 9.47 Å². The number of ether oxygens (including phenoxy) is 2. The average Bonchev–Trinajstić information content (AvgIpc) is 2.48. The summed E-state index contributed by atoms with van der Waals surface area (Å²) in [5.74, 6) is -0.0739. The fourth-order valence-corrected chi connectivity index (χ4v) is 4.06. The van der Waals surface area contributed by atoms with Gasteiger partial charge in [0.25, 0.3) is 0 Å². The minimum absolute atomic E-state index is 0.0632. The van der Waals surface area contributed by atoms with Gasteiger partial charge >= 0.3 is 5.97 Å². The average molecular weight is 575 g/mol. The summed E-state index contributed by atoms with van der Waals surface area (Å²) >= 11 is 3.85. The van der Waals surface area contributed by atoms with Gasteiger partial charge in [-0.05, 0) is 81.6 Å². The molecule has 0 aliphatic heterocycles. The van der Waals surface area contributed by atoms with E-state index < -0.39 is 22.7 Å². The van der Waals surface area contributed by atoms with Gasteiger partial charge in [0.2, 0.25) is 0 Å². The van der Waals surface area contributed by atoms with Crippen molar-refractivity contribution >= 4 is 61.3 Å². The molecule has 0 spiro atoms. The molecule has 0 saturated heterocycles. The molecule has 0 radical (unpaired) electrons. The van der Waals surface area contributed by atoms with Crippen LogP contribution >= 0.6 is 45.2 Å². The molecule has 1 N–H and O–H groups in total. The Bertz CT molecular complexity index is 840. The van der Waals surface area contributed by atoms with Gasteiger partial charge in [-0.25, -0.2) is 13.2 Å². The van der Waals surface area contributed by atoms with Crippen molar-refractivity contribution in [2.24, 2.45) is 0 Å². The molecule has 0 saturated carbocycles. The zero-order valence-electron chi connectivity index (χ0n) is 11.7. The van der Waals surface area contributed by atoms with E-state index in [1.807, 2.05) is 45.2 Å². The zero-order valence-corrected chi connectivity index (χ0v) is 16.9. The van der Waals surface area contributed by atoms with Crippen LogP contribution in [0.15, 0.2) is 41.3 Å². The third kappa shape index (κ3) is 5.19. The van der Waals surface area contributed by atoms with E-state index in [2.05, 4.69) is 0 Å². The minimum Gasteiger partial charge on any atom is -0.744 e. The molecule has 0 amide bonds. The molecule has 2 aromatic rings. The van der Waals surface area contributed by atoms with E-state index >= 15 is 0 Å². The Hall–Kier alpha value is -1.12. The first-order valence-electron chi connectivity index (χ1n) is 6.24. The number of aromatic hydroxyl groups is 1. The largest absolute Gasteiger partial charge is 0.744 e. The molecule has 0 atom stereocenters. The molecule has 7 nitrogen and oxygen atoms in total. The number of hydrogen-bond acceptors (Lipinski definition) is 7. The predicted molar refractivity (Wildman–Crippen MR) is 99.1 cm³/mol. The van der Waals surface area contributed by atoms with Gasteiger partial charge in [-0.2, -0.15) is 0 Å². The van der Waals surface area contributed by atoms with E-state index in [-0.39, 0.29) is 16.4 Å². The maximum Gasteiger partial charge on any atom is 0.349 e. The van der Waals surface area contributed by atoms with Crippen molar-refractivity contribution in [1.29, 1.82) is 0 Å². The van der Waals surface area contributed by atoms with Crippen LogP contribution in [0, 0.1) is 7.14 Å². The van der Waals surface area contributed by atoms with Crippen LogP contribution in [0.5, 0.6) is 17.2 Å². The van der Waals surface area contributed by atoms with Crippen LogP contribution in [-0.4, -0.2) is 30.7 Å². The summed E-state index contributed by atoms with van der Waals surface area (Å²) in [7, 11) is -4.52. The van der Waals surface area contributed by atoms with Crippen LogP contribution in [-0.2, 0) is 14.9 Å². The van der Waals surface area contributed by atoms with Crippen molar-refractivity contribution in [3.63, 3.8) is 0 Å². The lowest BCUT2D eigenvalue weighted by Crippen LogP contribution is -2.18. The summed E-state index contributed by atoms with van der Waals surface area (Å²) < 4.78 is 43.9. The number of benzene rings is 2. The number of carbonyl (C=O) groups is 1. The summed E-state index contributed by atoms with van der Waals surface area (Å²) in [6, 6.07) is 7.63. The highest BCUT2D eigenvalue weighted by atomic mass is 127. The molecule has 0 bridgehead atoms. The van der Waals surface area contributed by atoms with Crippen molar-refractivity contribution < 1.29 is 32.3 Å². The molecule has 0 fully saturated rings. The van der Waals surface area contributed by atoms with E-state index in [9.17, 15) is 22.9 Å². The van der Waals surface area contributed by atoms with Crippen LogP contribution in [0.2, 0.25) is 0 Å². The summed E-state index contributed by atoms with van der Waals surface area (Å²) in [6.07, 6.45) is 0. The van der Waals surface area contributed by atoms with Crippen LogP contribution in [0.1, 0.15) is 0 Å². The van der Waals surface area contributed by atoms with Crippen LogP contribution in [0.4, 0.5) is 0 Å². The fraction of sp³-hybridized carbons (Fsp3) is 0.0714. The third-order valence-electron chi connectivity index (χ3n) is 2.67. The molecule has 0 aliphatic carbocycles. The number of esters is 1. The molecule has 2 aromatic carbocycles. The number of rotatable bonds is 5. The van der Waals surface area contributed by atoms with Crippen molar-refractivity contribution in [1.82, 2.24) is 0 Å². The molecule has 0 aromatic heterocycles. The van der Waals surface area contributed by atoms with Crippen molar-refractivity contribution in [3.8, 4) is 17.2 Å². The first kappa shape index (κ1) is 19.2. The number of halogens is 2. The van der Waals surface area contributed by atoms with Gasteiger partial charge < -0.3 is 19.1 Å². The lowest BCUT2D eigenvalue weighted by Gasteiger charge is -2.11. The lowest BCUT2D eigenvalue weighted by atomic mass is 10.3. The Kier molecular flexibility index (Phi) is 6.28. The first-order chi connectivity index (χ1) is 11.2. The van der Waals surface area contributed by atoms with E-state index in [1.165, 1.54) is 24.3 Å². The smallest absolute Gasteiger partial charge is 0.349 e. The fourth-order valence-electron chi connectivity index (χ4n) is 1.63. The van der Waals surface area contributed by atoms with E-state index in [0.29, 0.717) is 12.9 Å². The Balaban J connectivity index is 1.99. The van der Waals surface area contributed by atoms with Gasteiger partial charge in [0.05, 0.1) is 12.0 Å². The van der Waals surface area contributed by atoms with Crippen molar-refractivity contribution in [2.45, 2.75) is 4.90 Å². The SMILES string of the molecule is O=C(COc1ccc(S(=O)(=O)[O-])cc1)Oc1c(I)cc(O)cc1I. The molecule has 128 valence electrons. The highest BCUT2D eigenvalue weighted by molar-refractivity contribution is 14.1. The van der Waals surface area contributed by atoms with Crippen molar-refractivity contribution in [2.75, 3.05) is 6.61 Å². The second-order valence-corrected chi connectivity index (χ2v) is 8.13. The number of carbonyl (C=O) groups excluding carboxylic acids is 1. The van der Waals surface area contributed by atoms with Crippen molar-refractivity contribution in [3.05, 3.63) is 43.5 Å². The Labute approximate surface area is 165 Å². The van der Waals surface area contributed by atoms with Gasteiger partial charge in [-0.1, -0.05) is 0 Å². The topological polar surface area (TPSA) is 113 Å². The Morgan fingerprint density at radius 1 is 1.12 bits per heavy atom. The molecule has 0 unspecified atom stereocenters. The predicted octanol–water partition coefficient (Wildman–Crippen LogP) is 2.49. The molecule has 10 heteroatoms. The van der Waals surface area contributed by atoms with E-state index in [1.54, 1.807) is 0 Å². The second kappa shape index (κ2) is 7.84. The number of phenols is 1. The number of hydrogen-bond donors (Lipinski definition) is 1. The molecular weight excluding hydrogens is 566 g/mol. The van der Waals surface area contributed by atoms with Gasteiger partial charge in [-0.15, -0.1) is 0 Å². The molecule has 0 heterocycles. The lowest BCUT2D eigenvalue weighted by molar-refractivity contribution is -0.136. The standard InChI is InChI=1S/C14H10I2O7S/c15-11-5-8(17)6-12(16)14(11)23-13(18)7-22-9-1-3-10(4-2-9)24(19,20)21/h1-6,17H,7H2,(H,19,20,21)/p-1. The summed E-state index contributed by atoms with van der Waals surface area (Å²) in [4.78, 5) is 11.5. The van der Waals surface area contributed by atoms with E-state index in [0.717, 1.165) is 12.1 Å². The highest BCUT2D eigenvalue weighted by Crippen LogP contribution is 2.31. The molecular formula is C14H9I2O7S-. The second-order valence-electron chi connectivity index (χ2n) is 4.43. The summed E-state index contributed by atoms with van der Waals surface area (Å²) in [5, 5.41) is 9.44. The van der Waals surface area contributed by atoms with Crippen LogP contribution in [0.3, 0.4) is 0 Å².